The van der Waals surface area contributed by atoms with Crippen molar-refractivity contribution in [2.24, 2.45) is 11.7 Å². The highest BCUT2D eigenvalue weighted by atomic mass is 16.3. The first kappa shape index (κ1) is 11.5. The lowest BCUT2D eigenvalue weighted by Gasteiger charge is -2.48. The van der Waals surface area contributed by atoms with Crippen LogP contribution in [0.3, 0.4) is 0 Å². The molecule has 96 valence electrons. The molecule has 0 aromatic heterocycles. The van der Waals surface area contributed by atoms with Crippen LogP contribution < -0.4 is 5.73 Å². The number of rotatable bonds is 2. The van der Waals surface area contributed by atoms with Gasteiger partial charge in [0.15, 0.2) is 0 Å². The summed E-state index contributed by atoms with van der Waals surface area (Å²) < 4.78 is 0. The SMILES string of the molecule is Cc1ccc(C(=O)N2CC(N)(C3CC3)C2)cc1O. The van der Waals surface area contributed by atoms with Gasteiger partial charge in [-0.25, -0.2) is 0 Å². The number of nitrogens with zero attached hydrogens (tertiary/aromatic N) is 1. The van der Waals surface area contributed by atoms with E-state index in [0.717, 1.165) is 5.56 Å². The van der Waals surface area contributed by atoms with Crippen LogP contribution in [0.1, 0.15) is 28.8 Å². The molecule has 1 aromatic carbocycles. The third-order valence-electron chi connectivity index (χ3n) is 4.10. The van der Waals surface area contributed by atoms with Crippen molar-refractivity contribution < 1.29 is 9.90 Å². The van der Waals surface area contributed by atoms with E-state index in [1.54, 1.807) is 17.0 Å². The average molecular weight is 246 g/mol. The van der Waals surface area contributed by atoms with Crippen LogP contribution in [-0.4, -0.2) is 34.5 Å². The molecule has 1 aliphatic carbocycles. The van der Waals surface area contributed by atoms with E-state index >= 15 is 0 Å². The van der Waals surface area contributed by atoms with Crippen LogP contribution in [0, 0.1) is 12.8 Å². The van der Waals surface area contributed by atoms with Crippen molar-refractivity contribution in [2.75, 3.05) is 13.1 Å². The van der Waals surface area contributed by atoms with Gasteiger partial charge in [-0.1, -0.05) is 6.07 Å². The first-order chi connectivity index (χ1) is 8.49. The van der Waals surface area contributed by atoms with Crippen LogP contribution >= 0.6 is 0 Å². The number of hydrogen-bond donors (Lipinski definition) is 2. The number of aromatic hydroxyl groups is 1. The fourth-order valence-electron chi connectivity index (χ4n) is 2.65. The van der Waals surface area contributed by atoms with Crippen LogP contribution in [0.2, 0.25) is 0 Å². The number of carbonyl (C=O) groups excluding carboxylic acids is 1. The molecule has 2 aliphatic rings. The van der Waals surface area contributed by atoms with Crippen LogP contribution in [0.15, 0.2) is 18.2 Å². The molecular formula is C14H18N2O2. The number of amides is 1. The maximum Gasteiger partial charge on any atom is 0.254 e. The highest BCUT2D eigenvalue weighted by Gasteiger charge is 2.51. The van der Waals surface area contributed by atoms with Gasteiger partial charge in [-0.05, 0) is 43.4 Å². The third kappa shape index (κ3) is 1.77. The molecule has 4 heteroatoms. The van der Waals surface area contributed by atoms with Gasteiger partial charge in [0, 0.05) is 18.7 Å². The number of nitrogens with two attached hydrogens (primary N) is 1. The van der Waals surface area contributed by atoms with Crippen LogP contribution in [0.25, 0.3) is 0 Å². The van der Waals surface area contributed by atoms with Gasteiger partial charge < -0.3 is 15.7 Å². The van der Waals surface area contributed by atoms with Gasteiger partial charge in [0.25, 0.3) is 5.91 Å². The second kappa shape index (κ2) is 3.72. The summed E-state index contributed by atoms with van der Waals surface area (Å²) in [7, 11) is 0. The van der Waals surface area contributed by atoms with Gasteiger partial charge in [-0.3, -0.25) is 4.79 Å². The summed E-state index contributed by atoms with van der Waals surface area (Å²) in [6.07, 6.45) is 2.40. The van der Waals surface area contributed by atoms with Gasteiger partial charge in [-0.15, -0.1) is 0 Å². The number of carbonyl (C=O) groups is 1. The summed E-state index contributed by atoms with van der Waals surface area (Å²) in [4.78, 5) is 13.9. The number of benzene rings is 1. The molecule has 0 atom stereocenters. The second-order valence-corrected chi connectivity index (χ2v) is 5.67. The summed E-state index contributed by atoms with van der Waals surface area (Å²) in [6, 6.07) is 5.05. The van der Waals surface area contributed by atoms with Crippen molar-refractivity contribution in [3.8, 4) is 5.75 Å². The van der Waals surface area contributed by atoms with E-state index in [0.29, 0.717) is 24.6 Å². The van der Waals surface area contributed by atoms with E-state index in [4.69, 9.17) is 5.73 Å². The zero-order valence-electron chi connectivity index (χ0n) is 10.5. The van der Waals surface area contributed by atoms with Gasteiger partial charge in [0.05, 0.1) is 5.54 Å². The maximum atomic E-state index is 12.2. The number of likely N-dealkylation sites (tertiary alicyclic amines) is 1. The molecule has 2 fully saturated rings. The van der Waals surface area contributed by atoms with Gasteiger partial charge >= 0.3 is 0 Å². The zero-order chi connectivity index (χ0) is 12.9. The highest BCUT2D eigenvalue weighted by Crippen LogP contribution is 2.43. The van der Waals surface area contributed by atoms with Crippen LogP contribution in [0.4, 0.5) is 0 Å². The van der Waals surface area contributed by atoms with Crippen LogP contribution in [0.5, 0.6) is 5.75 Å². The Morgan fingerprint density at radius 1 is 1.44 bits per heavy atom. The molecule has 1 saturated carbocycles. The summed E-state index contributed by atoms with van der Waals surface area (Å²) in [6.45, 7) is 3.10. The molecule has 1 heterocycles. The standard InChI is InChI=1S/C14H18N2O2/c1-9-2-3-10(6-12(9)17)13(18)16-7-14(15,8-16)11-4-5-11/h2-3,6,11,17H,4-5,7-8,15H2,1H3. The molecule has 1 amide bonds. The van der Waals surface area contributed by atoms with Crippen molar-refractivity contribution in [1.82, 2.24) is 4.90 Å². The topological polar surface area (TPSA) is 66.6 Å². The van der Waals surface area contributed by atoms with E-state index in [-0.39, 0.29) is 17.2 Å². The minimum atomic E-state index is -0.150. The Morgan fingerprint density at radius 3 is 2.67 bits per heavy atom. The predicted octanol–water partition coefficient (Wildman–Crippen LogP) is 1.26. The molecule has 1 aliphatic heterocycles. The van der Waals surface area contributed by atoms with Crippen molar-refractivity contribution in [2.45, 2.75) is 25.3 Å². The average Bonchev–Trinajstić information content (AvgIpc) is 3.12. The highest BCUT2D eigenvalue weighted by molar-refractivity contribution is 5.95. The fourth-order valence-corrected chi connectivity index (χ4v) is 2.65. The first-order valence-corrected chi connectivity index (χ1v) is 6.37. The molecule has 3 N–H and O–H groups in total. The van der Waals surface area contributed by atoms with Crippen molar-refractivity contribution >= 4 is 5.91 Å². The molecule has 18 heavy (non-hydrogen) atoms. The molecule has 3 rings (SSSR count). The Bertz CT molecular complexity index is 503. The zero-order valence-corrected chi connectivity index (χ0v) is 10.5. The minimum absolute atomic E-state index is 0.0352. The molecule has 0 radical (unpaired) electrons. The molecule has 0 spiro atoms. The van der Waals surface area contributed by atoms with Gasteiger partial charge in [-0.2, -0.15) is 0 Å². The van der Waals surface area contributed by atoms with Crippen molar-refractivity contribution in [3.63, 3.8) is 0 Å². The molecule has 0 bridgehead atoms. The number of phenols is 1. The van der Waals surface area contributed by atoms with E-state index in [2.05, 4.69) is 0 Å². The summed E-state index contributed by atoms with van der Waals surface area (Å²) in [5, 5.41) is 9.63. The molecule has 1 saturated heterocycles. The fraction of sp³-hybridized carbons (Fsp3) is 0.500. The number of hydrogen-bond acceptors (Lipinski definition) is 3. The molecule has 4 nitrogen and oxygen atoms in total. The normalized spacial score (nSPS) is 21.6. The summed E-state index contributed by atoms with van der Waals surface area (Å²) in [5.41, 5.74) is 7.39. The van der Waals surface area contributed by atoms with E-state index in [1.165, 1.54) is 18.9 Å². The Kier molecular flexibility index (Phi) is 2.38. The van der Waals surface area contributed by atoms with E-state index in [1.807, 2.05) is 6.92 Å². The Morgan fingerprint density at radius 2 is 2.11 bits per heavy atom. The lowest BCUT2D eigenvalue weighted by molar-refractivity contribution is 0.0350. The minimum Gasteiger partial charge on any atom is -0.508 e. The lowest BCUT2D eigenvalue weighted by atomic mass is 9.85. The third-order valence-corrected chi connectivity index (χ3v) is 4.10. The number of aryl methyl sites for hydroxylation is 1. The monoisotopic (exact) mass is 246 g/mol. The largest absolute Gasteiger partial charge is 0.508 e. The lowest BCUT2D eigenvalue weighted by Crippen LogP contribution is -2.69. The second-order valence-electron chi connectivity index (χ2n) is 5.67. The molecule has 1 aromatic rings. The van der Waals surface area contributed by atoms with E-state index in [9.17, 15) is 9.90 Å². The van der Waals surface area contributed by atoms with Gasteiger partial charge in [0.2, 0.25) is 0 Å². The van der Waals surface area contributed by atoms with Crippen molar-refractivity contribution in [3.05, 3.63) is 29.3 Å². The Hall–Kier alpha value is -1.55. The quantitative estimate of drug-likeness (QED) is 0.825. The Labute approximate surface area is 106 Å². The Balaban J connectivity index is 1.70. The summed E-state index contributed by atoms with van der Waals surface area (Å²) in [5.74, 6) is 0.738. The summed E-state index contributed by atoms with van der Waals surface area (Å²) >= 11 is 0. The molecule has 0 unspecified atom stereocenters. The van der Waals surface area contributed by atoms with Gasteiger partial charge in [0.1, 0.15) is 5.75 Å². The smallest absolute Gasteiger partial charge is 0.254 e. The maximum absolute atomic E-state index is 12.2. The van der Waals surface area contributed by atoms with Crippen molar-refractivity contribution in [1.29, 1.82) is 0 Å². The van der Waals surface area contributed by atoms with E-state index < -0.39 is 0 Å². The predicted molar refractivity (Wildman–Crippen MR) is 68.4 cm³/mol. The van der Waals surface area contributed by atoms with Crippen LogP contribution in [-0.2, 0) is 0 Å². The first-order valence-electron chi connectivity index (χ1n) is 6.37. The number of phenolic OH excluding ortho intramolecular Hbond substituents is 1. The molecular weight excluding hydrogens is 228 g/mol.